The Morgan fingerprint density at radius 1 is 1.24 bits per heavy atom. The summed E-state index contributed by atoms with van der Waals surface area (Å²) in [5, 5.41) is 18.3. The number of anilines is 2. The Morgan fingerprint density at radius 3 is 2.56 bits per heavy atom. The fourth-order valence-corrected chi connectivity index (χ4v) is 4.36. The van der Waals surface area contributed by atoms with Crippen molar-refractivity contribution in [1.29, 1.82) is 0 Å². The first kappa shape index (κ1) is 17.4. The molecule has 0 radical (unpaired) electrons. The van der Waals surface area contributed by atoms with Gasteiger partial charge in [0.05, 0.1) is 21.7 Å². The molecule has 10 heteroatoms. The van der Waals surface area contributed by atoms with E-state index in [1.807, 2.05) is 0 Å². The molecule has 1 aromatic carbocycles. The fourth-order valence-electron chi connectivity index (χ4n) is 2.82. The average Bonchev–Trinajstić information content (AvgIpc) is 3.00. The Bertz CT molecular complexity index is 887. The van der Waals surface area contributed by atoms with Crippen molar-refractivity contribution in [2.75, 3.05) is 18.4 Å². The van der Waals surface area contributed by atoms with E-state index in [-0.39, 0.29) is 16.3 Å². The third kappa shape index (κ3) is 3.64. The van der Waals surface area contributed by atoms with E-state index in [1.54, 1.807) is 17.9 Å². The monoisotopic (exact) mass is 365 g/mol. The maximum absolute atomic E-state index is 12.7. The zero-order chi connectivity index (χ0) is 18.0. The Balaban J connectivity index is 1.94. The molecule has 25 heavy (non-hydrogen) atoms. The fraction of sp³-hybridized carbons (Fsp3) is 0.400. The van der Waals surface area contributed by atoms with Gasteiger partial charge in [-0.25, -0.2) is 8.42 Å². The third-order valence-corrected chi connectivity index (χ3v) is 6.00. The number of nitrogens with zero attached hydrogens (tertiary/aromatic N) is 4. The van der Waals surface area contributed by atoms with Crippen molar-refractivity contribution < 1.29 is 13.3 Å². The summed E-state index contributed by atoms with van der Waals surface area (Å²) in [5.41, 5.74) is 0.509. The van der Waals surface area contributed by atoms with Gasteiger partial charge in [-0.05, 0) is 25.0 Å². The predicted octanol–water partition coefficient (Wildman–Crippen LogP) is 2.25. The minimum Gasteiger partial charge on any atom is -0.347 e. The topological polar surface area (TPSA) is 110 Å². The summed E-state index contributed by atoms with van der Waals surface area (Å²) in [4.78, 5) is 10.8. The molecule has 1 aromatic heterocycles. The highest BCUT2D eigenvalue weighted by Gasteiger charge is 2.28. The largest absolute Gasteiger partial charge is 0.347 e. The summed E-state index contributed by atoms with van der Waals surface area (Å²) in [5.74, 6) is 0. The van der Waals surface area contributed by atoms with Crippen molar-refractivity contribution in [2.24, 2.45) is 7.05 Å². The molecule has 0 amide bonds. The van der Waals surface area contributed by atoms with E-state index < -0.39 is 14.9 Å². The van der Waals surface area contributed by atoms with Crippen LogP contribution in [0, 0.1) is 10.1 Å². The van der Waals surface area contributed by atoms with Gasteiger partial charge in [0.2, 0.25) is 10.0 Å². The van der Waals surface area contributed by atoms with Crippen LogP contribution >= 0.6 is 0 Å². The molecule has 9 nitrogen and oxygen atoms in total. The zero-order valence-corrected chi connectivity index (χ0v) is 14.6. The van der Waals surface area contributed by atoms with Gasteiger partial charge in [0.25, 0.3) is 5.69 Å². The standard InChI is InChI=1S/C15H19N5O4S/c1-18-11-12(10-16-18)17-14-6-5-13(9-15(14)20(21)22)25(23,24)19-7-3-2-4-8-19/h5-6,9-11,17H,2-4,7-8H2,1H3. The van der Waals surface area contributed by atoms with Gasteiger partial charge in [-0.15, -0.1) is 0 Å². The molecular weight excluding hydrogens is 346 g/mol. The van der Waals surface area contributed by atoms with E-state index in [1.165, 1.54) is 22.6 Å². The number of sulfonamides is 1. The van der Waals surface area contributed by atoms with Crippen LogP contribution in [-0.2, 0) is 17.1 Å². The lowest BCUT2D eigenvalue weighted by atomic mass is 10.2. The van der Waals surface area contributed by atoms with E-state index in [0.29, 0.717) is 18.8 Å². The Labute approximate surface area is 145 Å². The second-order valence-electron chi connectivity index (χ2n) is 5.93. The molecular formula is C15H19N5O4S. The summed E-state index contributed by atoms with van der Waals surface area (Å²) in [6.07, 6.45) is 5.81. The van der Waals surface area contributed by atoms with Gasteiger partial charge in [0.15, 0.2) is 0 Å². The van der Waals surface area contributed by atoms with E-state index in [0.717, 1.165) is 25.3 Å². The number of benzene rings is 1. The number of hydrogen-bond donors (Lipinski definition) is 1. The lowest BCUT2D eigenvalue weighted by Gasteiger charge is -2.25. The Morgan fingerprint density at radius 2 is 1.96 bits per heavy atom. The van der Waals surface area contributed by atoms with Crippen LogP contribution < -0.4 is 5.32 Å². The number of piperidine rings is 1. The van der Waals surface area contributed by atoms with E-state index >= 15 is 0 Å². The van der Waals surface area contributed by atoms with Gasteiger partial charge in [0.1, 0.15) is 5.69 Å². The molecule has 0 bridgehead atoms. The number of nitrogens with one attached hydrogen (secondary N) is 1. The summed E-state index contributed by atoms with van der Waals surface area (Å²) >= 11 is 0. The first-order valence-electron chi connectivity index (χ1n) is 7.92. The molecule has 0 saturated carbocycles. The van der Waals surface area contributed by atoms with Crippen LogP contribution in [0.1, 0.15) is 19.3 Å². The van der Waals surface area contributed by atoms with Gasteiger partial charge in [-0.3, -0.25) is 14.8 Å². The van der Waals surface area contributed by atoms with E-state index in [9.17, 15) is 18.5 Å². The molecule has 0 aliphatic carbocycles. The van der Waals surface area contributed by atoms with Crippen molar-refractivity contribution in [3.63, 3.8) is 0 Å². The highest BCUT2D eigenvalue weighted by atomic mass is 32.2. The molecule has 134 valence electrons. The maximum Gasteiger partial charge on any atom is 0.294 e. The van der Waals surface area contributed by atoms with Crippen molar-refractivity contribution in [1.82, 2.24) is 14.1 Å². The van der Waals surface area contributed by atoms with Crippen molar-refractivity contribution in [2.45, 2.75) is 24.2 Å². The number of nitro groups is 1. The number of hydrogen-bond acceptors (Lipinski definition) is 6. The normalized spacial score (nSPS) is 15.9. The van der Waals surface area contributed by atoms with Crippen molar-refractivity contribution >= 4 is 27.1 Å². The second kappa shape index (κ2) is 6.81. The Hall–Kier alpha value is -2.46. The number of aromatic nitrogens is 2. The van der Waals surface area contributed by atoms with Gasteiger partial charge in [0, 0.05) is 32.4 Å². The van der Waals surface area contributed by atoms with E-state index in [2.05, 4.69) is 10.4 Å². The van der Waals surface area contributed by atoms with E-state index in [4.69, 9.17) is 0 Å². The molecule has 1 N–H and O–H groups in total. The maximum atomic E-state index is 12.7. The summed E-state index contributed by atoms with van der Waals surface area (Å²) in [7, 11) is -1.99. The summed E-state index contributed by atoms with van der Waals surface area (Å²) < 4.78 is 28.4. The SMILES string of the molecule is Cn1cc(Nc2ccc(S(=O)(=O)N3CCCCC3)cc2[N+](=O)[O-])cn1. The quantitative estimate of drug-likeness (QED) is 0.643. The highest BCUT2D eigenvalue weighted by Crippen LogP contribution is 2.31. The molecule has 1 saturated heterocycles. The smallest absolute Gasteiger partial charge is 0.294 e. The molecule has 1 aliphatic rings. The average molecular weight is 365 g/mol. The molecule has 0 atom stereocenters. The van der Waals surface area contributed by atoms with Gasteiger partial charge in [-0.2, -0.15) is 9.40 Å². The van der Waals surface area contributed by atoms with Crippen LogP contribution in [0.4, 0.5) is 17.1 Å². The molecule has 0 spiro atoms. The zero-order valence-electron chi connectivity index (χ0n) is 13.8. The first-order valence-corrected chi connectivity index (χ1v) is 9.36. The van der Waals surface area contributed by atoms with Crippen molar-refractivity contribution in [3.8, 4) is 0 Å². The van der Waals surface area contributed by atoms with Gasteiger partial charge < -0.3 is 5.32 Å². The van der Waals surface area contributed by atoms with Crippen molar-refractivity contribution in [3.05, 3.63) is 40.7 Å². The number of nitro benzene ring substituents is 1. The summed E-state index contributed by atoms with van der Waals surface area (Å²) in [6, 6.07) is 3.93. The second-order valence-corrected chi connectivity index (χ2v) is 7.87. The first-order chi connectivity index (χ1) is 11.9. The minimum absolute atomic E-state index is 0.0576. The van der Waals surface area contributed by atoms with Gasteiger partial charge in [-0.1, -0.05) is 6.42 Å². The summed E-state index contributed by atoms with van der Waals surface area (Å²) in [6.45, 7) is 0.900. The highest BCUT2D eigenvalue weighted by molar-refractivity contribution is 7.89. The third-order valence-electron chi connectivity index (χ3n) is 4.10. The minimum atomic E-state index is -3.72. The van der Waals surface area contributed by atoms with Crippen LogP contribution in [0.25, 0.3) is 0 Å². The van der Waals surface area contributed by atoms with Crippen LogP contribution in [-0.4, -0.2) is 40.5 Å². The molecule has 3 rings (SSSR count). The van der Waals surface area contributed by atoms with Crippen LogP contribution in [0.15, 0.2) is 35.5 Å². The molecule has 1 fully saturated rings. The van der Waals surface area contributed by atoms with Crippen LogP contribution in [0.2, 0.25) is 0 Å². The molecule has 1 aliphatic heterocycles. The number of aryl methyl sites for hydroxylation is 1. The number of rotatable bonds is 5. The van der Waals surface area contributed by atoms with Crippen LogP contribution in [0.5, 0.6) is 0 Å². The Kier molecular flexibility index (Phi) is 4.73. The molecule has 2 heterocycles. The molecule has 0 unspecified atom stereocenters. The molecule has 2 aromatic rings. The lowest BCUT2D eigenvalue weighted by molar-refractivity contribution is -0.384. The van der Waals surface area contributed by atoms with Crippen LogP contribution in [0.3, 0.4) is 0 Å². The predicted molar refractivity (Wildman–Crippen MR) is 92.2 cm³/mol. The lowest BCUT2D eigenvalue weighted by Crippen LogP contribution is -2.35. The van der Waals surface area contributed by atoms with Gasteiger partial charge >= 0.3 is 0 Å².